The number of aromatic hydroxyl groups is 1. The lowest BCUT2D eigenvalue weighted by atomic mass is 10.0. The monoisotopic (exact) mass is 461 g/mol. The van der Waals surface area contributed by atoms with Crippen LogP contribution in [-0.2, 0) is 11.3 Å². The fourth-order valence-corrected chi connectivity index (χ4v) is 3.41. The van der Waals surface area contributed by atoms with E-state index < -0.39 is 18.1 Å². The summed E-state index contributed by atoms with van der Waals surface area (Å²) >= 11 is 0. The first-order chi connectivity index (χ1) is 16.5. The lowest BCUT2D eigenvalue weighted by Crippen LogP contribution is -2.41. The zero-order chi connectivity index (χ0) is 24.1. The fourth-order valence-electron chi connectivity index (χ4n) is 3.41. The van der Waals surface area contributed by atoms with Crippen molar-refractivity contribution in [2.24, 2.45) is 5.10 Å². The molecule has 2 aromatic carbocycles. The molecule has 0 aliphatic carbocycles. The number of nitrogens with one attached hydrogen (secondary N) is 1. The SMILES string of the molecule is CCC1OC(=O)N(Cc2ccc(NC(=O)c3ncccn3)cc2)N=C1c1ccc(OC)c(O)c1. The summed E-state index contributed by atoms with van der Waals surface area (Å²) < 4.78 is 10.7. The highest BCUT2D eigenvalue weighted by Crippen LogP contribution is 2.29. The van der Waals surface area contributed by atoms with E-state index in [0.29, 0.717) is 29.1 Å². The van der Waals surface area contributed by atoms with Crippen LogP contribution in [0.5, 0.6) is 11.5 Å². The number of nitrogens with zero attached hydrogens (tertiary/aromatic N) is 4. The van der Waals surface area contributed by atoms with Gasteiger partial charge in [-0.2, -0.15) is 10.1 Å². The van der Waals surface area contributed by atoms with Gasteiger partial charge in [-0.1, -0.05) is 19.1 Å². The Hall–Kier alpha value is -4.47. The van der Waals surface area contributed by atoms with Crippen molar-refractivity contribution in [1.82, 2.24) is 15.0 Å². The van der Waals surface area contributed by atoms with Gasteiger partial charge in [-0.3, -0.25) is 4.79 Å². The Morgan fingerprint density at radius 2 is 1.91 bits per heavy atom. The van der Waals surface area contributed by atoms with Gasteiger partial charge in [-0.25, -0.2) is 14.8 Å². The van der Waals surface area contributed by atoms with Crippen LogP contribution in [0.3, 0.4) is 0 Å². The number of phenolic OH excluding ortho intramolecular Hbond substituents is 1. The maximum atomic E-state index is 12.5. The summed E-state index contributed by atoms with van der Waals surface area (Å²) in [4.78, 5) is 32.6. The van der Waals surface area contributed by atoms with Crippen molar-refractivity contribution >= 4 is 23.4 Å². The maximum absolute atomic E-state index is 12.5. The van der Waals surface area contributed by atoms with Gasteiger partial charge in [0, 0.05) is 23.6 Å². The van der Waals surface area contributed by atoms with E-state index >= 15 is 0 Å². The summed E-state index contributed by atoms with van der Waals surface area (Å²) in [5, 5.41) is 18.6. The second kappa shape index (κ2) is 9.99. The molecule has 2 N–H and O–H groups in total. The number of hydrogen-bond acceptors (Lipinski definition) is 8. The van der Waals surface area contributed by atoms with E-state index in [0.717, 1.165) is 5.56 Å². The molecule has 1 aromatic heterocycles. The van der Waals surface area contributed by atoms with Crippen LogP contribution in [0.25, 0.3) is 0 Å². The molecule has 1 unspecified atom stereocenters. The molecule has 1 atom stereocenters. The van der Waals surface area contributed by atoms with E-state index in [1.807, 2.05) is 6.92 Å². The molecule has 0 bridgehead atoms. The van der Waals surface area contributed by atoms with E-state index in [-0.39, 0.29) is 18.1 Å². The van der Waals surface area contributed by atoms with Crippen molar-refractivity contribution in [3.05, 3.63) is 77.9 Å². The van der Waals surface area contributed by atoms with Crippen LogP contribution in [-0.4, -0.2) is 51.0 Å². The standard InChI is InChI=1S/C24H23N5O5/c1-3-19-21(16-7-10-20(33-2)18(30)13-16)28-29(24(32)34-19)14-15-5-8-17(9-6-15)27-23(31)22-25-11-4-12-26-22/h4-13,19,30H,3,14H2,1-2H3,(H,27,31). The molecule has 2 amide bonds. The van der Waals surface area contributed by atoms with Crippen molar-refractivity contribution in [3.63, 3.8) is 0 Å². The van der Waals surface area contributed by atoms with Crippen molar-refractivity contribution in [1.29, 1.82) is 0 Å². The number of carbonyl (C=O) groups excluding carboxylic acids is 2. The number of benzene rings is 2. The number of phenols is 1. The molecular formula is C24H23N5O5. The van der Waals surface area contributed by atoms with E-state index in [1.165, 1.54) is 30.6 Å². The first-order valence-corrected chi connectivity index (χ1v) is 10.6. The van der Waals surface area contributed by atoms with Gasteiger partial charge in [-0.05, 0) is 48.4 Å². The minimum Gasteiger partial charge on any atom is -0.504 e. The van der Waals surface area contributed by atoms with Gasteiger partial charge in [0.15, 0.2) is 11.5 Å². The number of ether oxygens (including phenoxy) is 2. The molecule has 10 nitrogen and oxygen atoms in total. The molecule has 10 heteroatoms. The summed E-state index contributed by atoms with van der Waals surface area (Å²) in [5.41, 5.74) is 2.50. The number of hydrogen-bond donors (Lipinski definition) is 2. The molecule has 34 heavy (non-hydrogen) atoms. The fraction of sp³-hybridized carbons (Fsp3) is 0.208. The Morgan fingerprint density at radius 3 is 2.56 bits per heavy atom. The van der Waals surface area contributed by atoms with E-state index in [2.05, 4.69) is 20.4 Å². The zero-order valence-corrected chi connectivity index (χ0v) is 18.6. The lowest BCUT2D eigenvalue weighted by molar-refractivity contribution is 0.0712. The molecule has 3 aromatic rings. The topological polar surface area (TPSA) is 126 Å². The molecule has 0 spiro atoms. The van der Waals surface area contributed by atoms with Crippen LogP contribution in [0.15, 0.2) is 66.0 Å². The smallest absolute Gasteiger partial charge is 0.431 e. The third-order valence-electron chi connectivity index (χ3n) is 5.15. The highest BCUT2D eigenvalue weighted by atomic mass is 16.6. The molecule has 0 radical (unpaired) electrons. The maximum Gasteiger partial charge on any atom is 0.431 e. The molecule has 0 saturated heterocycles. The first kappa shape index (κ1) is 22.7. The van der Waals surface area contributed by atoms with Gasteiger partial charge >= 0.3 is 6.09 Å². The lowest BCUT2D eigenvalue weighted by Gasteiger charge is -2.29. The normalized spacial score (nSPS) is 15.4. The van der Waals surface area contributed by atoms with Crippen LogP contribution >= 0.6 is 0 Å². The van der Waals surface area contributed by atoms with Crippen molar-refractivity contribution < 1.29 is 24.2 Å². The Bertz CT molecular complexity index is 1210. The quantitative estimate of drug-likeness (QED) is 0.551. The predicted octanol–water partition coefficient (Wildman–Crippen LogP) is 3.58. The molecule has 174 valence electrons. The van der Waals surface area contributed by atoms with Gasteiger partial charge in [0.1, 0.15) is 11.8 Å². The summed E-state index contributed by atoms with van der Waals surface area (Å²) in [6.07, 6.45) is 2.42. The Kier molecular flexibility index (Phi) is 6.67. The number of carbonyl (C=O) groups is 2. The van der Waals surface area contributed by atoms with Crippen LogP contribution in [0.1, 0.15) is 35.1 Å². The number of anilines is 1. The van der Waals surface area contributed by atoms with E-state index in [4.69, 9.17) is 9.47 Å². The predicted molar refractivity (Wildman–Crippen MR) is 124 cm³/mol. The summed E-state index contributed by atoms with van der Waals surface area (Å²) in [6, 6.07) is 13.5. The third-order valence-corrected chi connectivity index (χ3v) is 5.15. The second-order valence-corrected chi connectivity index (χ2v) is 7.43. The molecule has 1 aliphatic heterocycles. The van der Waals surface area contributed by atoms with Crippen LogP contribution in [0.2, 0.25) is 0 Å². The van der Waals surface area contributed by atoms with Gasteiger partial charge in [0.25, 0.3) is 5.91 Å². The van der Waals surface area contributed by atoms with Gasteiger partial charge in [-0.15, -0.1) is 0 Å². The Labute approximate surface area is 195 Å². The number of cyclic esters (lactones) is 1. The minimum absolute atomic E-state index is 0.0282. The highest BCUT2D eigenvalue weighted by Gasteiger charge is 2.31. The summed E-state index contributed by atoms with van der Waals surface area (Å²) in [7, 11) is 1.47. The number of aromatic nitrogens is 2. The zero-order valence-electron chi connectivity index (χ0n) is 18.6. The molecule has 4 rings (SSSR count). The largest absolute Gasteiger partial charge is 0.504 e. The minimum atomic E-state index is -0.563. The van der Waals surface area contributed by atoms with Crippen molar-refractivity contribution in [2.45, 2.75) is 26.0 Å². The summed E-state index contributed by atoms with van der Waals surface area (Å²) in [5.74, 6) is -0.0392. The van der Waals surface area contributed by atoms with Crippen LogP contribution in [0, 0.1) is 0 Å². The highest BCUT2D eigenvalue weighted by molar-refractivity contribution is 6.06. The summed E-state index contributed by atoms with van der Waals surface area (Å²) in [6.45, 7) is 2.05. The van der Waals surface area contributed by atoms with Crippen molar-refractivity contribution in [2.75, 3.05) is 12.4 Å². The second-order valence-electron chi connectivity index (χ2n) is 7.43. The van der Waals surface area contributed by atoms with Crippen LogP contribution in [0.4, 0.5) is 10.5 Å². The Balaban J connectivity index is 1.51. The number of methoxy groups -OCH3 is 1. The number of hydrazone groups is 1. The number of rotatable bonds is 7. The molecule has 0 saturated carbocycles. The van der Waals surface area contributed by atoms with Gasteiger partial charge in [0.2, 0.25) is 5.82 Å². The Morgan fingerprint density at radius 1 is 1.18 bits per heavy atom. The third kappa shape index (κ3) is 4.96. The molecular weight excluding hydrogens is 438 g/mol. The average molecular weight is 461 g/mol. The first-order valence-electron chi connectivity index (χ1n) is 10.6. The van der Waals surface area contributed by atoms with E-state index in [1.54, 1.807) is 42.5 Å². The van der Waals surface area contributed by atoms with E-state index in [9.17, 15) is 14.7 Å². The van der Waals surface area contributed by atoms with Gasteiger partial charge in [0.05, 0.1) is 13.7 Å². The van der Waals surface area contributed by atoms with Gasteiger partial charge < -0.3 is 19.9 Å². The molecule has 2 heterocycles. The molecule has 1 aliphatic rings. The van der Waals surface area contributed by atoms with Crippen LogP contribution < -0.4 is 10.1 Å². The molecule has 0 fully saturated rings. The number of amides is 2. The average Bonchev–Trinajstić information content (AvgIpc) is 2.86. The van der Waals surface area contributed by atoms with Crippen molar-refractivity contribution in [3.8, 4) is 11.5 Å².